The highest BCUT2D eigenvalue weighted by Crippen LogP contribution is 2.42. The average molecular weight is 654 g/mol. The van der Waals surface area contributed by atoms with Crippen molar-refractivity contribution in [1.82, 2.24) is 9.97 Å². The number of hydrogen-bond donors (Lipinski definition) is 2. The van der Waals surface area contributed by atoms with Gasteiger partial charge in [0.1, 0.15) is 35.4 Å². The Morgan fingerprint density at radius 1 is 0.936 bits per heavy atom. The lowest BCUT2D eigenvalue weighted by atomic mass is 9.92. The molecule has 3 aromatic rings. The molecule has 14 heteroatoms. The van der Waals surface area contributed by atoms with E-state index in [4.69, 9.17) is 23.7 Å². The van der Waals surface area contributed by atoms with Crippen molar-refractivity contribution in [2.45, 2.75) is 84.7 Å². The summed E-state index contributed by atoms with van der Waals surface area (Å²) in [5, 5.41) is 5.83. The van der Waals surface area contributed by atoms with Crippen LogP contribution in [0, 0.1) is 12.7 Å². The number of nitrogens with zero attached hydrogens (tertiary/aromatic N) is 3. The molecule has 2 aliphatic rings. The summed E-state index contributed by atoms with van der Waals surface area (Å²) in [7, 11) is 1.61. The first-order valence-corrected chi connectivity index (χ1v) is 15.3. The van der Waals surface area contributed by atoms with Gasteiger partial charge in [-0.2, -0.15) is 0 Å². The summed E-state index contributed by atoms with van der Waals surface area (Å²) in [6, 6.07) is 3.09. The van der Waals surface area contributed by atoms with Gasteiger partial charge in [0.05, 0.1) is 18.3 Å². The van der Waals surface area contributed by atoms with Crippen molar-refractivity contribution in [3.63, 3.8) is 0 Å². The van der Waals surface area contributed by atoms with E-state index in [2.05, 4.69) is 20.6 Å². The summed E-state index contributed by atoms with van der Waals surface area (Å²) in [5.41, 5.74) is -0.562. The van der Waals surface area contributed by atoms with Crippen LogP contribution in [0.3, 0.4) is 0 Å². The number of rotatable bonds is 5. The minimum Gasteiger partial charge on any atom is -0.474 e. The highest BCUT2D eigenvalue weighted by atomic mass is 19.1. The molecule has 0 radical (unpaired) electrons. The van der Waals surface area contributed by atoms with Gasteiger partial charge in [0.15, 0.2) is 5.82 Å². The molecule has 0 saturated heterocycles. The molecule has 0 bridgehead atoms. The van der Waals surface area contributed by atoms with Gasteiger partial charge in [-0.1, -0.05) is 0 Å². The molecule has 3 amide bonds. The highest BCUT2D eigenvalue weighted by Gasteiger charge is 2.34. The molecule has 47 heavy (non-hydrogen) atoms. The van der Waals surface area contributed by atoms with Crippen molar-refractivity contribution in [1.29, 1.82) is 0 Å². The zero-order valence-electron chi connectivity index (χ0n) is 27.8. The fourth-order valence-electron chi connectivity index (χ4n) is 5.26. The van der Waals surface area contributed by atoms with Gasteiger partial charge in [-0.25, -0.2) is 28.7 Å². The second-order valence-electron chi connectivity index (χ2n) is 13.4. The van der Waals surface area contributed by atoms with E-state index in [0.29, 0.717) is 35.0 Å². The number of halogens is 1. The highest BCUT2D eigenvalue weighted by molar-refractivity contribution is 6.05. The van der Waals surface area contributed by atoms with E-state index in [0.717, 1.165) is 0 Å². The van der Waals surface area contributed by atoms with Gasteiger partial charge >= 0.3 is 18.3 Å². The molecule has 2 aromatic heterocycles. The fourth-order valence-corrected chi connectivity index (χ4v) is 5.26. The first-order valence-electron chi connectivity index (χ1n) is 15.3. The molecule has 3 heterocycles. The zero-order valence-corrected chi connectivity index (χ0v) is 27.8. The molecule has 252 valence electrons. The van der Waals surface area contributed by atoms with E-state index in [9.17, 15) is 14.4 Å². The van der Waals surface area contributed by atoms with E-state index in [1.165, 1.54) is 23.4 Å². The minimum atomic E-state index is -0.875. The van der Waals surface area contributed by atoms with Gasteiger partial charge in [-0.05, 0) is 71.5 Å². The summed E-state index contributed by atoms with van der Waals surface area (Å²) in [4.78, 5) is 48.7. The number of aromatic nitrogens is 2. The number of pyridine rings is 2. The summed E-state index contributed by atoms with van der Waals surface area (Å²) >= 11 is 0. The van der Waals surface area contributed by atoms with Crippen LogP contribution in [0.5, 0.6) is 5.88 Å². The molecular formula is C33H40FN5O8. The zero-order chi connectivity index (χ0) is 34.3. The first kappa shape index (κ1) is 33.6. The second-order valence-corrected chi connectivity index (χ2v) is 13.4. The molecule has 1 aliphatic heterocycles. The van der Waals surface area contributed by atoms with Gasteiger partial charge < -0.3 is 23.7 Å². The second kappa shape index (κ2) is 12.8. The maximum absolute atomic E-state index is 16.6. The maximum Gasteiger partial charge on any atom is 0.415 e. The van der Waals surface area contributed by atoms with Gasteiger partial charge in [-0.3, -0.25) is 15.5 Å². The van der Waals surface area contributed by atoms with Gasteiger partial charge in [0.25, 0.3) is 0 Å². The van der Waals surface area contributed by atoms with Crippen LogP contribution in [0.15, 0.2) is 24.5 Å². The first-order chi connectivity index (χ1) is 22.0. The predicted octanol–water partition coefficient (Wildman–Crippen LogP) is 6.95. The SMILES string of the molecule is COC1CC(OC(=O)Nc2cc3cc(-c4cnc5c(c4C)N(C(=O)OC(C)(C)C)CCO5)c(F)c(NC(=O)OC(C)(C)C)c3cn2)C1. The normalized spacial score (nSPS) is 17.6. The van der Waals surface area contributed by atoms with Crippen LogP contribution in [-0.4, -0.2) is 71.9 Å². The lowest BCUT2D eigenvalue weighted by Gasteiger charge is -2.33. The van der Waals surface area contributed by atoms with E-state index >= 15 is 4.39 Å². The third kappa shape index (κ3) is 7.64. The van der Waals surface area contributed by atoms with Crippen LogP contribution >= 0.6 is 0 Å². The molecule has 1 aromatic carbocycles. The predicted molar refractivity (Wildman–Crippen MR) is 173 cm³/mol. The Hall–Kier alpha value is -4.72. The van der Waals surface area contributed by atoms with Crippen molar-refractivity contribution in [2.24, 2.45) is 0 Å². The molecule has 0 spiro atoms. The Labute approximate surface area is 272 Å². The number of carbonyl (C=O) groups is 3. The number of hydrogen-bond acceptors (Lipinski definition) is 10. The van der Waals surface area contributed by atoms with Crippen molar-refractivity contribution in [3.05, 3.63) is 35.9 Å². The molecular weight excluding hydrogens is 613 g/mol. The molecule has 1 fully saturated rings. The maximum atomic E-state index is 16.6. The van der Waals surface area contributed by atoms with Crippen LogP contribution in [0.1, 0.15) is 59.9 Å². The molecule has 2 N–H and O–H groups in total. The third-order valence-corrected chi connectivity index (χ3v) is 7.48. The van der Waals surface area contributed by atoms with Gasteiger partial charge in [0.2, 0.25) is 5.88 Å². The van der Waals surface area contributed by atoms with E-state index in [-0.39, 0.29) is 53.7 Å². The van der Waals surface area contributed by atoms with E-state index < -0.39 is 35.3 Å². The summed E-state index contributed by atoms with van der Waals surface area (Å²) < 4.78 is 44.0. The van der Waals surface area contributed by atoms with Crippen molar-refractivity contribution >= 4 is 46.2 Å². The van der Waals surface area contributed by atoms with Crippen molar-refractivity contribution in [3.8, 4) is 17.0 Å². The number of amides is 3. The van der Waals surface area contributed by atoms with Crippen LogP contribution in [0.2, 0.25) is 0 Å². The van der Waals surface area contributed by atoms with Crippen LogP contribution < -0.4 is 20.3 Å². The Kier molecular flexibility index (Phi) is 9.18. The molecule has 1 saturated carbocycles. The number of methoxy groups -OCH3 is 1. The number of ether oxygens (including phenoxy) is 5. The quantitative estimate of drug-likeness (QED) is 0.277. The van der Waals surface area contributed by atoms with Crippen LogP contribution in [0.25, 0.3) is 21.9 Å². The number of benzene rings is 1. The third-order valence-electron chi connectivity index (χ3n) is 7.48. The van der Waals surface area contributed by atoms with Gasteiger partial charge in [0, 0.05) is 48.9 Å². The lowest BCUT2D eigenvalue weighted by Crippen LogP contribution is -2.42. The Morgan fingerprint density at radius 2 is 1.64 bits per heavy atom. The number of fused-ring (bicyclic) bond motifs is 2. The van der Waals surface area contributed by atoms with Gasteiger partial charge in [-0.15, -0.1) is 0 Å². The van der Waals surface area contributed by atoms with E-state index in [1.54, 1.807) is 61.6 Å². The number of anilines is 3. The molecule has 5 rings (SSSR count). The molecule has 13 nitrogen and oxygen atoms in total. The Bertz CT molecular complexity index is 1710. The molecule has 1 aliphatic carbocycles. The topological polar surface area (TPSA) is 150 Å². The lowest BCUT2D eigenvalue weighted by molar-refractivity contribution is -0.0532. The van der Waals surface area contributed by atoms with Crippen molar-refractivity contribution in [2.75, 3.05) is 35.8 Å². The average Bonchev–Trinajstić information content (AvgIpc) is 2.94. The smallest absolute Gasteiger partial charge is 0.415 e. The Balaban J connectivity index is 1.57. The number of carbonyl (C=O) groups excluding carboxylic acids is 3. The van der Waals surface area contributed by atoms with Crippen LogP contribution in [0.4, 0.5) is 36.0 Å². The fraction of sp³-hybridized carbons (Fsp3) is 0.485. The van der Waals surface area contributed by atoms with Crippen LogP contribution in [-0.2, 0) is 18.9 Å². The summed E-state index contributed by atoms with van der Waals surface area (Å²) in [5.74, 6) is -0.432. The van der Waals surface area contributed by atoms with Crippen molar-refractivity contribution < 1.29 is 42.5 Å². The number of nitrogens with one attached hydrogen (secondary N) is 2. The largest absolute Gasteiger partial charge is 0.474 e. The molecule has 0 unspecified atom stereocenters. The standard InChI is InChI=1S/C33H40FN5O8/c1-17-22(15-36-28-27(17)39(9-10-44-28)31(42)47-33(5,6)7)21-11-18-12-24(37-29(40)45-20-13-19(14-20)43-8)35-16-23(18)26(25(21)34)38-30(41)46-32(2,3)4/h11-12,15-16,19-20H,9-10,13-14H2,1-8H3,(H,38,41)(H,35,37,40). The molecule has 0 atom stereocenters. The monoisotopic (exact) mass is 653 g/mol. The minimum absolute atomic E-state index is 0.0557. The summed E-state index contributed by atoms with van der Waals surface area (Å²) in [6.45, 7) is 12.5. The Morgan fingerprint density at radius 3 is 2.30 bits per heavy atom. The summed E-state index contributed by atoms with van der Waals surface area (Å²) in [6.07, 6.45) is 1.61. The van der Waals surface area contributed by atoms with E-state index in [1.807, 2.05) is 0 Å².